The molecule has 4 aromatic rings. The Morgan fingerprint density at radius 1 is 0.842 bits per heavy atom. The molecular weight excluding hydrogens is 494 g/mol. The number of benzene rings is 3. The predicted octanol–water partition coefficient (Wildman–Crippen LogP) is 4.95. The standard InChI is InChI=1S/C26H23N5O7/c1-3-36-21-14-9-18(15-22(21)37-4-2)24(33)27-19-10-5-16(6-11-19)23(32)28-26-30-29-25(38-26)17-7-12-20(13-8-17)31(34)35/h5-15H,3-4H2,1-2H3,(H,27,33)(H,28,30,32). The molecule has 1 aromatic heterocycles. The summed E-state index contributed by atoms with van der Waals surface area (Å²) in [5.74, 6) is 0.273. The van der Waals surface area contributed by atoms with Gasteiger partial charge >= 0.3 is 6.01 Å². The summed E-state index contributed by atoms with van der Waals surface area (Å²) in [4.78, 5) is 35.6. The maximum Gasteiger partial charge on any atom is 0.322 e. The summed E-state index contributed by atoms with van der Waals surface area (Å²) >= 11 is 0. The zero-order valence-corrected chi connectivity index (χ0v) is 20.5. The van der Waals surface area contributed by atoms with Gasteiger partial charge in [0.05, 0.1) is 18.1 Å². The number of nitrogens with zero attached hydrogens (tertiary/aromatic N) is 3. The average Bonchev–Trinajstić information content (AvgIpc) is 3.38. The highest BCUT2D eigenvalue weighted by atomic mass is 16.6. The molecule has 194 valence electrons. The van der Waals surface area contributed by atoms with Crippen LogP contribution in [0.2, 0.25) is 0 Å². The Morgan fingerprint density at radius 3 is 2.13 bits per heavy atom. The van der Waals surface area contributed by atoms with Gasteiger partial charge in [0.2, 0.25) is 5.89 Å². The summed E-state index contributed by atoms with van der Waals surface area (Å²) in [7, 11) is 0. The number of carbonyl (C=O) groups is 2. The Morgan fingerprint density at radius 2 is 1.47 bits per heavy atom. The van der Waals surface area contributed by atoms with Gasteiger partial charge in [-0.25, -0.2) is 0 Å². The van der Waals surface area contributed by atoms with Crippen LogP contribution in [0.5, 0.6) is 11.5 Å². The second-order valence-electron chi connectivity index (χ2n) is 7.73. The lowest BCUT2D eigenvalue weighted by molar-refractivity contribution is -0.384. The van der Waals surface area contributed by atoms with E-state index in [-0.39, 0.29) is 29.1 Å². The van der Waals surface area contributed by atoms with Crippen molar-refractivity contribution in [2.45, 2.75) is 13.8 Å². The minimum atomic E-state index is -0.516. The van der Waals surface area contributed by atoms with Crippen LogP contribution in [-0.4, -0.2) is 40.1 Å². The Labute approximate surface area is 216 Å². The molecule has 12 nitrogen and oxygen atoms in total. The second-order valence-corrected chi connectivity index (χ2v) is 7.73. The zero-order chi connectivity index (χ0) is 27.1. The molecule has 12 heteroatoms. The fourth-order valence-corrected chi connectivity index (χ4v) is 3.39. The number of non-ortho nitro benzene ring substituents is 1. The third-order valence-corrected chi connectivity index (χ3v) is 5.18. The molecule has 0 bridgehead atoms. The molecule has 0 saturated heterocycles. The topological polar surface area (TPSA) is 159 Å². The average molecular weight is 517 g/mol. The van der Waals surface area contributed by atoms with Crippen LogP contribution in [0.3, 0.4) is 0 Å². The van der Waals surface area contributed by atoms with Gasteiger partial charge < -0.3 is 19.2 Å². The molecule has 0 unspecified atom stereocenters. The number of anilines is 2. The number of hydrogen-bond acceptors (Lipinski definition) is 9. The van der Waals surface area contributed by atoms with Crippen molar-refractivity contribution in [3.05, 3.63) is 88.0 Å². The Bertz CT molecular complexity index is 1450. The number of nitro groups is 1. The van der Waals surface area contributed by atoms with Crippen LogP contribution in [0.4, 0.5) is 17.4 Å². The zero-order valence-electron chi connectivity index (χ0n) is 20.5. The number of rotatable bonds is 10. The lowest BCUT2D eigenvalue weighted by atomic mass is 10.1. The van der Waals surface area contributed by atoms with Crippen LogP contribution >= 0.6 is 0 Å². The first kappa shape index (κ1) is 25.8. The van der Waals surface area contributed by atoms with Gasteiger partial charge in [-0.2, -0.15) is 0 Å². The number of carbonyl (C=O) groups excluding carboxylic acids is 2. The van der Waals surface area contributed by atoms with Gasteiger partial charge in [0, 0.05) is 34.5 Å². The Balaban J connectivity index is 1.38. The van der Waals surface area contributed by atoms with Gasteiger partial charge in [-0.1, -0.05) is 5.10 Å². The number of ether oxygens (including phenoxy) is 2. The molecule has 0 fully saturated rings. The normalized spacial score (nSPS) is 10.5. The molecule has 2 amide bonds. The molecule has 0 saturated carbocycles. The Kier molecular flexibility index (Phi) is 7.92. The highest BCUT2D eigenvalue weighted by molar-refractivity contribution is 6.06. The summed E-state index contributed by atoms with van der Waals surface area (Å²) in [6, 6.07) is 16.6. The maximum atomic E-state index is 12.7. The first-order chi connectivity index (χ1) is 18.4. The summed E-state index contributed by atoms with van der Waals surface area (Å²) in [5, 5.41) is 23.7. The van der Waals surface area contributed by atoms with E-state index in [1.165, 1.54) is 36.4 Å². The van der Waals surface area contributed by atoms with Crippen LogP contribution in [0, 0.1) is 10.1 Å². The van der Waals surface area contributed by atoms with Gasteiger partial charge in [0.1, 0.15) is 0 Å². The lowest BCUT2D eigenvalue weighted by Crippen LogP contribution is -2.14. The first-order valence-electron chi connectivity index (χ1n) is 11.6. The van der Waals surface area contributed by atoms with E-state index in [9.17, 15) is 19.7 Å². The van der Waals surface area contributed by atoms with E-state index in [4.69, 9.17) is 13.9 Å². The van der Waals surface area contributed by atoms with Gasteiger partial charge in [-0.3, -0.25) is 25.0 Å². The number of amides is 2. The maximum absolute atomic E-state index is 12.7. The van der Waals surface area contributed by atoms with Crippen LogP contribution in [0.25, 0.3) is 11.5 Å². The molecule has 0 aliphatic carbocycles. The number of nitrogens with one attached hydrogen (secondary N) is 2. The highest BCUT2D eigenvalue weighted by Crippen LogP contribution is 2.29. The molecule has 0 radical (unpaired) electrons. The fourth-order valence-electron chi connectivity index (χ4n) is 3.39. The number of aromatic nitrogens is 2. The first-order valence-corrected chi connectivity index (χ1v) is 11.6. The van der Waals surface area contributed by atoms with E-state index >= 15 is 0 Å². The van der Waals surface area contributed by atoms with Crippen molar-refractivity contribution in [1.29, 1.82) is 0 Å². The third kappa shape index (κ3) is 6.10. The molecule has 2 N–H and O–H groups in total. The summed E-state index contributed by atoms with van der Waals surface area (Å²) in [6.45, 7) is 4.60. The van der Waals surface area contributed by atoms with E-state index in [1.807, 2.05) is 13.8 Å². The van der Waals surface area contributed by atoms with Crippen LogP contribution in [0.1, 0.15) is 34.6 Å². The molecule has 3 aromatic carbocycles. The molecule has 0 aliphatic heterocycles. The van der Waals surface area contributed by atoms with Crippen molar-refractivity contribution < 1.29 is 28.4 Å². The van der Waals surface area contributed by atoms with Gasteiger partial charge in [0.15, 0.2) is 11.5 Å². The van der Waals surface area contributed by atoms with E-state index < -0.39 is 10.8 Å². The van der Waals surface area contributed by atoms with Crippen molar-refractivity contribution in [2.75, 3.05) is 23.8 Å². The third-order valence-electron chi connectivity index (χ3n) is 5.18. The molecule has 0 spiro atoms. The fraction of sp³-hybridized carbons (Fsp3) is 0.154. The van der Waals surface area contributed by atoms with Crippen molar-refractivity contribution in [3.8, 4) is 23.0 Å². The Hall–Kier alpha value is -5.26. The van der Waals surface area contributed by atoms with Gasteiger partial charge in [-0.05, 0) is 68.4 Å². The lowest BCUT2D eigenvalue weighted by Gasteiger charge is -2.12. The van der Waals surface area contributed by atoms with Gasteiger partial charge in [-0.15, -0.1) is 5.10 Å². The van der Waals surface area contributed by atoms with E-state index in [0.717, 1.165) is 0 Å². The van der Waals surface area contributed by atoms with E-state index in [2.05, 4.69) is 20.8 Å². The van der Waals surface area contributed by atoms with E-state index in [1.54, 1.807) is 30.3 Å². The smallest absolute Gasteiger partial charge is 0.322 e. The predicted molar refractivity (Wildman–Crippen MR) is 138 cm³/mol. The molecule has 38 heavy (non-hydrogen) atoms. The van der Waals surface area contributed by atoms with Crippen LogP contribution < -0.4 is 20.1 Å². The molecule has 0 atom stereocenters. The number of hydrogen-bond donors (Lipinski definition) is 2. The summed E-state index contributed by atoms with van der Waals surface area (Å²) < 4.78 is 16.5. The number of nitro benzene ring substituents is 1. The minimum absolute atomic E-state index is 0.0730. The van der Waals surface area contributed by atoms with Crippen molar-refractivity contribution in [2.24, 2.45) is 0 Å². The largest absolute Gasteiger partial charge is 0.490 e. The van der Waals surface area contributed by atoms with Crippen LogP contribution in [-0.2, 0) is 0 Å². The van der Waals surface area contributed by atoms with Gasteiger partial charge in [0.25, 0.3) is 17.5 Å². The summed E-state index contributed by atoms with van der Waals surface area (Å²) in [5.41, 5.74) is 1.55. The molecule has 1 heterocycles. The summed E-state index contributed by atoms with van der Waals surface area (Å²) in [6.07, 6.45) is 0. The minimum Gasteiger partial charge on any atom is -0.490 e. The highest BCUT2D eigenvalue weighted by Gasteiger charge is 2.15. The van der Waals surface area contributed by atoms with Crippen molar-refractivity contribution in [3.63, 3.8) is 0 Å². The quantitative estimate of drug-likeness (QED) is 0.219. The second kappa shape index (κ2) is 11.6. The monoisotopic (exact) mass is 517 g/mol. The molecular formula is C26H23N5O7. The molecule has 0 aliphatic rings. The van der Waals surface area contributed by atoms with Crippen LogP contribution in [0.15, 0.2) is 71.1 Å². The molecule has 4 rings (SSSR count). The van der Waals surface area contributed by atoms with E-state index in [0.29, 0.717) is 41.5 Å². The van der Waals surface area contributed by atoms with Crippen molar-refractivity contribution in [1.82, 2.24) is 10.2 Å². The van der Waals surface area contributed by atoms with Crippen molar-refractivity contribution >= 4 is 29.2 Å². The SMILES string of the molecule is CCOc1ccc(C(=O)Nc2ccc(C(=O)Nc3nnc(-c4ccc([N+](=O)[O-])cc4)o3)cc2)cc1OCC.